The molecule has 2 aromatic heterocycles. The molecule has 0 aliphatic rings. The number of Topliss-reactive ketones (excluding diaryl/α,β-unsaturated/α-hetero) is 1. The maximum Gasteiger partial charge on any atom is 0.302 e. The van der Waals surface area contributed by atoms with Gasteiger partial charge in [-0.15, -0.1) is 11.3 Å². The lowest BCUT2D eigenvalue weighted by Crippen LogP contribution is -2.24. The van der Waals surface area contributed by atoms with Crippen LogP contribution in [-0.4, -0.2) is 40.8 Å². The maximum absolute atomic E-state index is 14.9. The molecule has 0 unspecified atom stereocenters. The minimum atomic E-state index is -0.725. The predicted molar refractivity (Wildman–Crippen MR) is 192 cm³/mol. The quantitative estimate of drug-likeness (QED) is 0.0722. The van der Waals surface area contributed by atoms with Crippen molar-refractivity contribution in [1.82, 2.24) is 9.47 Å². The summed E-state index contributed by atoms with van der Waals surface area (Å²) >= 11 is 1.31. The van der Waals surface area contributed by atoms with Gasteiger partial charge in [0.1, 0.15) is 16.5 Å². The molecular formula is C39H39F2N3O5S. The van der Waals surface area contributed by atoms with Crippen LogP contribution in [0, 0.1) is 17.6 Å². The van der Waals surface area contributed by atoms with Crippen molar-refractivity contribution in [2.45, 2.75) is 53.2 Å². The van der Waals surface area contributed by atoms with Crippen LogP contribution < -0.4 is 10.7 Å². The van der Waals surface area contributed by atoms with Crippen molar-refractivity contribution in [1.29, 1.82) is 0 Å². The van der Waals surface area contributed by atoms with Gasteiger partial charge in [0.25, 0.3) is 0 Å². The van der Waals surface area contributed by atoms with E-state index in [1.807, 2.05) is 49.5 Å². The van der Waals surface area contributed by atoms with E-state index in [0.717, 1.165) is 16.0 Å². The van der Waals surface area contributed by atoms with Gasteiger partial charge in [0.2, 0.25) is 11.3 Å². The van der Waals surface area contributed by atoms with E-state index in [-0.39, 0.29) is 42.4 Å². The number of esters is 1. The molecule has 0 radical (unpaired) electrons. The highest BCUT2D eigenvalue weighted by Gasteiger charge is 2.26. The number of hydrogen-bond acceptors (Lipinski definition) is 7. The molecule has 0 atom stereocenters. The molecule has 260 valence electrons. The number of hydrogen-bond donors (Lipinski definition) is 1. The second-order valence-corrected chi connectivity index (χ2v) is 13.5. The lowest BCUT2D eigenvalue weighted by Gasteiger charge is -2.18. The summed E-state index contributed by atoms with van der Waals surface area (Å²) in [4.78, 5) is 54.5. The Labute approximate surface area is 293 Å². The zero-order chi connectivity index (χ0) is 35.9. The fraction of sp³-hybridized carbons (Fsp3) is 0.282. The van der Waals surface area contributed by atoms with Crippen LogP contribution in [0.15, 0.2) is 83.8 Å². The Morgan fingerprint density at radius 3 is 2.24 bits per heavy atom. The number of aromatic nitrogens is 1. The molecule has 5 aromatic rings. The van der Waals surface area contributed by atoms with E-state index in [9.17, 15) is 28.0 Å². The molecule has 0 saturated heterocycles. The summed E-state index contributed by atoms with van der Waals surface area (Å²) in [5, 5.41) is 3.18. The van der Waals surface area contributed by atoms with Gasteiger partial charge >= 0.3 is 5.97 Å². The van der Waals surface area contributed by atoms with Gasteiger partial charge in [0.15, 0.2) is 5.78 Å². The van der Waals surface area contributed by atoms with Crippen LogP contribution in [0.1, 0.15) is 60.7 Å². The predicted octanol–water partition coefficient (Wildman–Crippen LogP) is 7.81. The van der Waals surface area contributed by atoms with E-state index in [1.165, 1.54) is 42.7 Å². The highest BCUT2D eigenvalue weighted by Crippen LogP contribution is 2.39. The Kier molecular flexibility index (Phi) is 11.7. The van der Waals surface area contributed by atoms with Gasteiger partial charge in [-0.1, -0.05) is 62.4 Å². The number of amides is 1. The molecule has 2 heterocycles. The summed E-state index contributed by atoms with van der Waals surface area (Å²) in [7, 11) is 1.94. The fourth-order valence-corrected chi connectivity index (χ4v) is 7.03. The Morgan fingerprint density at radius 2 is 1.60 bits per heavy atom. The lowest BCUT2D eigenvalue weighted by molar-refractivity contribution is -0.141. The third kappa shape index (κ3) is 8.58. The van der Waals surface area contributed by atoms with Crippen molar-refractivity contribution in [3.05, 3.63) is 123 Å². The van der Waals surface area contributed by atoms with E-state index in [4.69, 9.17) is 4.74 Å². The van der Waals surface area contributed by atoms with Crippen LogP contribution >= 0.6 is 11.3 Å². The summed E-state index contributed by atoms with van der Waals surface area (Å²) in [6.45, 7) is 5.59. The number of pyridine rings is 1. The van der Waals surface area contributed by atoms with Crippen molar-refractivity contribution in [3.8, 4) is 10.4 Å². The van der Waals surface area contributed by atoms with Gasteiger partial charge in [0, 0.05) is 54.7 Å². The van der Waals surface area contributed by atoms with Crippen molar-refractivity contribution in [2.24, 2.45) is 5.92 Å². The number of anilines is 1. The number of fused-ring (bicyclic) bond motifs is 1. The van der Waals surface area contributed by atoms with Gasteiger partial charge < -0.3 is 14.6 Å². The number of carbonyl (C=O) groups excluding carboxylic acids is 3. The Balaban J connectivity index is 1.61. The number of carbonyl (C=O) groups is 3. The second-order valence-electron chi connectivity index (χ2n) is 12.5. The summed E-state index contributed by atoms with van der Waals surface area (Å²) in [6, 6.07) is 20.7. The average molecular weight is 700 g/mol. The molecule has 50 heavy (non-hydrogen) atoms. The van der Waals surface area contributed by atoms with E-state index < -0.39 is 29.0 Å². The average Bonchev–Trinajstić information content (AvgIpc) is 3.45. The fourth-order valence-electron chi connectivity index (χ4n) is 5.74. The van der Waals surface area contributed by atoms with Crippen molar-refractivity contribution >= 4 is 44.9 Å². The molecular weight excluding hydrogens is 661 g/mol. The number of nitrogens with zero attached hydrogens (tertiary/aromatic N) is 2. The first kappa shape index (κ1) is 36.3. The monoisotopic (exact) mass is 699 g/mol. The number of benzene rings is 3. The molecule has 8 nitrogen and oxygen atoms in total. The number of ether oxygens (including phenoxy) is 1. The smallest absolute Gasteiger partial charge is 0.302 e. The van der Waals surface area contributed by atoms with Crippen LogP contribution in [0.5, 0.6) is 0 Å². The van der Waals surface area contributed by atoms with E-state index in [0.29, 0.717) is 41.0 Å². The Morgan fingerprint density at radius 1 is 0.920 bits per heavy atom. The topological polar surface area (TPSA) is 97.7 Å². The zero-order valence-electron chi connectivity index (χ0n) is 28.4. The van der Waals surface area contributed by atoms with Gasteiger partial charge in [-0.05, 0) is 54.4 Å². The van der Waals surface area contributed by atoms with Gasteiger partial charge in [-0.2, -0.15) is 0 Å². The first-order chi connectivity index (χ1) is 23.9. The summed E-state index contributed by atoms with van der Waals surface area (Å²) in [5.41, 5.74) is 2.46. The highest BCUT2D eigenvalue weighted by atomic mass is 32.1. The molecule has 11 heteroatoms. The molecule has 0 aliphatic heterocycles. The van der Waals surface area contributed by atoms with E-state index in [1.54, 1.807) is 30.5 Å². The molecule has 0 fully saturated rings. The van der Waals surface area contributed by atoms with Crippen LogP contribution in [0.4, 0.5) is 14.5 Å². The number of nitrogens with one attached hydrogen (secondary N) is 1. The van der Waals surface area contributed by atoms with Crippen molar-refractivity contribution in [2.75, 3.05) is 19.0 Å². The van der Waals surface area contributed by atoms with Crippen LogP contribution in [0.25, 0.3) is 20.7 Å². The minimum absolute atomic E-state index is 0.0349. The maximum atomic E-state index is 14.9. The number of thiophene rings is 1. The zero-order valence-corrected chi connectivity index (χ0v) is 29.2. The SMILES string of the molecule is CC(=O)OCCCC(=O)Nc1ccc(-c2sc3c(c2CN(C)Cc2ccccc2)c(=O)c(C(=O)C(C)C)cn3Cc2c(F)cccc2F)cc1. The number of halogens is 2. The first-order valence-electron chi connectivity index (χ1n) is 16.3. The molecule has 1 amide bonds. The van der Waals surface area contributed by atoms with Gasteiger partial charge in [-0.3, -0.25) is 24.1 Å². The first-order valence-corrected chi connectivity index (χ1v) is 17.2. The third-order valence-corrected chi connectivity index (χ3v) is 9.51. The normalized spacial score (nSPS) is 11.4. The standard InChI is InChI=1S/C39H39F2N3O5S/c1-24(2)36(47)31-23-44(22-29-32(40)12-8-13-33(29)41)39-35(37(31)48)30(21-43(4)20-26-10-6-5-7-11-26)38(50-39)27-15-17-28(18-16-27)42-34(46)14-9-19-49-25(3)45/h5-8,10-13,15-18,23-24H,9,14,19-22H2,1-4H3,(H,42,46). The van der Waals surface area contributed by atoms with E-state index >= 15 is 0 Å². The summed E-state index contributed by atoms with van der Waals surface area (Å²) in [6.07, 6.45) is 1.99. The van der Waals surface area contributed by atoms with Crippen molar-refractivity contribution < 1.29 is 27.9 Å². The Bertz CT molecular complexity index is 2050. The number of ketones is 1. The summed E-state index contributed by atoms with van der Waals surface area (Å²) in [5.74, 6) is -2.91. The van der Waals surface area contributed by atoms with E-state index in [2.05, 4.69) is 10.2 Å². The molecule has 3 aromatic carbocycles. The third-order valence-electron chi connectivity index (χ3n) is 8.19. The van der Waals surface area contributed by atoms with Crippen LogP contribution in [0.3, 0.4) is 0 Å². The molecule has 1 N–H and O–H groups in total. The largest absolute Gasteiger partial charge is 0.466 e. The second kappa shape index (κ2) is 16.1. The molecule has 0 spiro atoms. The van der Waals surface area contributed by atoms with Crippen LogP contribution in [-0.2, 0) is 34.0 Å². The Hall–Kier alpha value is -5.00. The lowest BCUT2D eigenvalue weighted by atomic mass is 9.99. The van der Waals surface area contributed by atoms with Crippen LogP contribution in [0.2, 0.25) is 0 Å². The molecule has 0 saturated carbocycles. The van der Waals surface area contributed by atoms with Gasteiger partial charge in [-0.25, -0.2) is 8.78 Å². The molecule has 0 bridgehead atoms. The highest BCUT2D eigenvalue weighted by molar-refractivity contribution is 7.22. The molecule has 5 rings (SSSR count). The summed E-state index contributed by atoms with van der Waals surface area (Å²) < 4.78 is 36.4. The van der Waals surface area contributed by atoms with Gasteiger partial charge in [0.05, 0.1) is 24.1 Å². The molecule has 0 aliphatic carbocycles. The minimum Gasteiger partial charge on any atom is -0.466 e. The van der Waals surface area contributed by atoms with Crippen molar-refractivity contribution in [3.63, 3.8) is 0 Å². The number of rotatable bonds is 14.